The average Bonchev–Trinajstić information content (AvgIpc) is 3.88. The maximum absolute atomic E-state index is 6.73. The summed E-state index contributed by atoms with van der Waals surface area (Å²) in [5.74, 6) is 1.70. The van der Waals surface area contributed by atoms with E-state index in [1.807, 2.05) is 42.5 Å². The first-order valence-corrected chi connectivity index (χ1v) is 20.1. The summed E-state index contributed by atoms with van der Waals surface area (Å²) in [6.45, 7) is 0. The van der Waals surface area contributed by atoms with Crippen LogP contribution >= 0.6 is 0 Å². The maximum Gasteiger partial charge on any atom is 0.238 e. The van der Waals surface area contributed by atoms with Gasteiger partial charge in [0.2, 0.25) is 5.95 Å². The lowest BCUT2D eigenvalue weighted by atomic mass is 9.92. The molecule has 0 saturated carbocycles. The lowest BCUT2D eigenvalue weighted by molar-refractivity contribution is 0.672. The van der Waals surface area contributed by atoms with Crippen LogP contribution in [0.3, 0.4) is 0 Å². The molecule has 278 valence electrons. The van der Waals surface area contributed by atoms with E-state index in [0.29, 0.717) is 17.6 Å². The first-order chi connectivity index (χ1) is 29.7. The van der Waals surface area contributed by atoms with Gasteiger partial charge in [-0.15, -0.1) is 0 Å². The average molecular weight is 766 g/mol. The van der Waals surface area contributed by atoms with E-state index in [2.05, 4.69) is 150 Å². The third kappa shape index (κ3) is 4.82. The predicted octanol–water partition coefficient (Wildman–Crippen LogP) is 13.9. The van der Waals surface area contributed by atoms with Crippen molar-refractivity contribution < 1.29 is 4.42 Å². The Kier molecular flexibility index (Phi) is 6.91. The number of aromatic nitrogens is 5. The highest BCUT2D eigenvalue weighted by atomic mass is 16.3. The van der Waals surface area contributed by atoms with E-state index in [9.17, 15) is 0 Å². The quantitative estimate of drug-likeness (QED) is 0.167. The summed E-state index contributed by atoms with van der Waals surface area (Å²) in [5, 5.41) is 12.6. The molecule has 13 rings (SSSR count). The van der Waals surface area contributed by atoms with Gasteiger partial charge in [0.15, 0.2) is 11.6 Å². The molecule has 0 aliphatic rings. The lowest BCUT2D eigenvalue weighted by Crippen LogP contribution is -2.06. The van der Waals surface area contributed by atoms with E-state index >= 15 is 0 Å². The van der Waals surface area contributed by atoms with Crippen LogP contribution < -0.4 is 0 Å². The van der Waals surface area contributed by atoms with Gasteiger partial charge in [-0.3, -0.25) is 4.57 Å². The third-order valence-corrected chi connectivity index (χ3v) is 12.0. The molecule has 0 fully saturated rings. The van der Waals surface area contributed by atoms with Crippen LogP contribution in [0.15, 0.2) is 192 Å². The normalized spacial score (nSPS) is 12.0. The minimum absolute atomic E-state index is 0.550. The fourth-order valence-corrected chi connectivity index (χ4v) is 9.31. The van der Waals surface area contributed by atoms with E-state index in [1.54, 1.807) is 0 Å². The van der Waals surface area contributed by atoms with E-state index in [-0.39, 0.29) is 0 Å². The Morgan fingerprint density at radius 3 is 1.55 bits per heavy atom. The minimum Gasteiger partial charge on any atom is -0.455 e. The number of fused-ring (bicyclic) bond motifs is 14. The Balaban J connectivity index is 1.07. The number of hydrogen-bond donors (Lipinski definition) is 0. The van der Waals surface area contributed by atoms with Gasteiger partial charge < -0.3 is 4.42 Å². The monoisotopic (exact) mass is 765 g/mol. The molecule has 0 atom stereocenters. The fraction of sp³-hybridized carbons (Fsp3) is 0. The van der Waals surface area contributed by atoms with Crippen LogP contribution in [-0.2, 0) is 0 Å². The van der Waals surface area contributed by atoms with Gasteiger partial charge >= 0.3 is 0 Å². The fourth-order valence-electron chi connectivity index (χ4n) is 9.31. The molecule has 0 amide bonds. The van der Waals surface area contributed by atoms with Crippen molar-refractivity contribution in [3.8, 4) is 40.0 Å². The summed E-state index contributed by atoms with van der Waals surface area (Å²) in [6, 6.07) is 65.6. The van der Waals surface area contributed by atoms with Crippen molar-refractivity contribution in [2.75, 3.05) is 0 Å². The Morgan fingerprint density at radius 2 is 0.867 bits per heavy atom. The Morgan fingerprint density at radius 1 is 0.350 bits per heavy atom. The molecule has 4 heterocycles. The number of furan rings is 1. The molecule has 0 aliphatic carbocycles. The number of nitrogens with zero attached hydrogens (tertiary/aromatic N) is 5. The molecule has 13 aromatic rings. The van der Waals surface area contributed by atoms with Crippen LogP contribution in [0.25, 0.3) is 127 Å². The van der Waals surface area contributed by atoms with Gasteiger partial charge in [0.25, 0.3) is 0 Å². The summed E-state index contributed by atoms with van der Waals surface area (Å²) >= 11 is 0. The van der Waals surface area contributed by atoms with Crippen LogP contribution in [0.5, 0.6) is 0 Å². The summed E-state index contributed by atoms with van der Waals surface area (Å²) in [6.07, 6.45) is 0. The molecule has 4 aromatic heterocycles. The second-order valence-corrected chi connectivity index (χ2v) is 15.4. The van der Waals surface area contributed by atoms with Gasteiger partial charge in [-0.05, 0) is 68.7 Å². The molecule has 0 saturated heterocycles. The molecule has 9 aromatic carbocycles. The van der Waals surface area contributed by atoms with Crippen molar-refractivity contribution in [2.24, 2.45) is 0 Å². The highest BCUT2D eigenvalue weighted by Crippen LogP contribution is 2.43. The van der Waals surface area contributed by atoms with Crippen molar-refractivity contribution in [3.63, 3.8) is 0 Å². The smallest absolute Gasteiger partial charge is 0.238 e. The van der Waals surface area contributed by atoms with Gasteiger partial charge in [-0.2, -0.15) is 9.97 Å². The Labute approximate surface area is 342 Å². The molecule has 0 aliphatic heterocycles. The predicted molar refractivity (Wildman–Crippen MR) is 246 cm³/mol. The molecule has 0 spiro atoms. The van der Waals surface area contributed by atoms with Crippen molar-refractivity contribution in [2.45, 2.75) is 0 Å². The molecule has 0 radical (unpaired) electrons. The van der Waals surface area contributed by atoms with Crippen molar-refractivity contribution >= 4 is 87.0 Å². The van der Waals surface area contributed by atoms with Gasteiger partial charge in [-0.1, -0.05) is 152 Å². The van der Waals surface area contributed by atoms with Crippen LogP contribution in [0.1, 0.15) is 0 Å². The summed E-state index contributed by atoms with van der Waals surface area (Å²) in [4.78, 5) is 21.0. The van der Waals surface area contributed by atoms with Gasteiger partial charge in [0.05, 0.1) is 27.6 Å². The second-order valence-electron chi connectivity index (χ2n) is 15.4. The molecular formula is C54H31N5O. The Bertz CT molecular complexity index is 3810. The van der Waals surface area contributed by atoms with E-state index < -0.39 is 0 Å². The highest BCUT2D eigenvalue weighted by Gasteiger charge is 2.21. The Hall–Kier alpha value is -8.22. The standard InChI is InChI=1S/C54H31N5O/c1-2-14-32(15-3-1)52-56-53(58-54(57-52)59-46-23-11-8-20-40(46)41-21-9-12-24-47(41)59)34-27-29-42-45(31-34)55-50(49-43-22-10-13-25-48(43)60-51(42)49)33-26-28-39-37-18-5-4-16-35(37)36-17-6-7-19-38(36)44(39)30-33/h1-31H. The SMILES string of the molecule is c1ccc(-c2nc(-c3ccc4c(c3)nc(-c3ccc5c6ccccc6c6ccccc6c5c3)c3c5ccccc5oc43)nc(-n3c4ccccc4c4ccccc43)n2)cc1. The van der Waals surface area contributed by atoms with Crippen molar-refractivity contribution in [1.29, 1.82) is 0 Å². The second kappa shape index (κ2) is 12.6. The van der Waals surface area contributed by atoms with Gasteiger partial charge in [0, 0.05) is 38.2 Å². The number of pyridine rings is 1. The van der Waals surface area contributed by atoms with E-state index in [0.717, 1.165) is 77.0 Å². The summed E-state index contributed by atoms with van der Waals surface area (Å²) in [7, 11) is 0. The van der Waals surface area contributed by atoms with Crippen LogP contribution in [0.2, 0.25) is 0 Å². The molecule has 0 unspecified atom stereocenters. The topological polar surface area (TPSA) is 69.6 Å². The lowest BCUT2D eigenvalue weighted by Gasteiger charge is -2.13. The molecule has 6 nitrogen and oxygen atoms in total. The number of benzene rings is 9. The van der Waals surface area contributed by atoms with Crippen LogP contribution in [0.4, 0.5) is 0 Å². The maximum atomic E-state index is 6.73. The van der Waals surface area contributed by atoms with E-state index in [1.165, 1.54) is 32.3 Å². The zero-order chi connectivity index (χ0) is 39.3. The zero-order valence-corrected chi connectivity index (χ0v) is 32.0. The molecular weight excluding hydrogens is 735 g/mol. The number of hydrogen-bond acceptors (Lipinski definition) is 5. The number of rotatable bonds is 4. The first-order valence-electron chi connectivity index (χ1n) is 20.1. The third-order valence-electron chi connectivity index (χ3n) is 12.0. The van der Waals surface area contributed by atoms with Gasteiger partial charge in [0.1, 0.15) is 11.2 Å². The van der Waals surface area contributed by atoms with Gasteiger partial charge in [-0.25, -0.2) is 9.97 Å². The van der Waals surface area contributed by atoms with E-state index in [4.69, 9.17) is 24.4 Å². The largest absolute Gasteiger partial charge is 0.455 e. The first kappa shape index (κ1) is 32.8. The molecule has 0 bridgehead atoms. The number of para-hydroxylation sites is 3. The van der Waals surface area contributed by atoms with Crippen LogP contribution in [-0.4, -0.2) is 24.5 Å². The minimum atomic E-state index is 0.550. The summed E-state index contributed by atoms with van der Waals surface area (Å²) in [5.41, 5.74) is 8.10. The molecule has 0 N–H and O–H groups in total. The van der Waals surface area contributed by atoms with Crippen molar-refractivity contribution in [3.05, 3.63) is 188 Å². The van der Waals surface area contributed by atoms with Crippen LogP contribution in [0, 0.1) is 0 Å². The molecule has 6 heteroatoms. The highest BCUT2D eigenvalue weighted by molar-refractivity contribution is 6.26. The zero-order valence-electron chi connectivity index (χ0n) is 32.0. The molecule has 60 heavy (non-hydrogen) atoms. The summed E-state index contributed by atoms with van der Waals surface area (Å²) < 4.78 is 8.87. The van der Waals surface area contributed by atoms with Crippen molar-refractivity contribution in [1.82, 2.24) is 24.5 Å².